The van der Waals surface area contributed by atoms with Crippen LogP contribution < -0.4 is 4.74 Å². The molecule has 0 saturated carbocycles. The summed E-state index contributed by atoms with van der Waals surface area (Å²) in [5, 5.41) is 11.1. The van der Waals surface area contributed by atoms with Crippen molar-refractivity contribution in [2.75, 3.05) is 0 Å². The minimum absolute atomic E-state index is 0.00463. The van der Waals surface area contributed by atoms with E-state index in [-0.39, 0.29) is 11.6 Å². The van der Waals surface area contributed by atoms with E-state index in [0.717, 1.165) is 16.7 Å². The van der Waals surface area contributed by atoms with Crippen molar-refractivity contribution in [1.82, 2.24) is 4.98 Å². The molecule has 0 bridgehead atoms. The number of ether oxygens (including phenoxy) is 1. The number of pyridine rings is 1. The Kier molecular flexibility index (Phi) is 4.04. The summed E-state index contributed by atoms with van der Waals surface area (Å²) < 4.78 is 6.23. The average molecular weight is 337 g/mol. The Morgan fingerprint density at radius 1 is 1.25 bits per heavy atom. The maximum absolute atomic E-state index is 11.1. The van der Waals surface area contributed by atoms with E-state index in [9.17, 15) is 10.1 Å². The van der Waals surface area contributed by atoms with E-state index in [2.05, 4.69) is 20.9 Å². The second kappa shape index (κ2) is 5.58. The summed E-state index contributed by atoms with van der Waals surface area (Å²) >= 11 is 3.17. The molecule has 0 amide bonds. The lowest BCUT2D eigenvalue weighted by Crippen LogP contribution is -1.99. The van der Waals surface area contributed by atoms with Gasteiger partial charge in [0.2, 0.25) is 0 Å². The van der Waals surface area contributed by atoms with Gasteiger partial charge in [-0.3, -0.25) is 10.1 Å². The SMILES string of the molecule is Cc1ccc(C)c(Oc2ncc(Br)cc2[N+](=O)[O-])c1C. The zero-order valence-corrected chi connectivity index (χ0v) is 12.9. The minimum atomic E-state index is -0.506. The van der Waals surface area contributed by atoms with Gasteiger partial charge in [-0.15, -0.1) is 0 Å². The molecule has 0 saturated heterocycles. The van der Waals surface area contributed by atoms with E-state index in [1.54, 1.807) is 0 Å². The third-order valence-corrected chi connectivity index (χ3v) is 3.50. The van der Waals surface area contributed by atoms with Crippen LogP contribution in [0.5, 0.6) is 11.6 Å². The molecule has 0 spiro atoms. The number of rotatable bonds is 3. The number of aromatic nitrogens is 1. The van der Waals surface area contributed by atoms with Gasteiger partial charge in [-0.25, -0.2) is 4.98 Å². The topological polar surface area (TPSA) is 65.3 Å². The van der Waals surface area contributed by atoms with Crippen LogP contribution in [-0.2, 0) is 0 Å². The molecule has 0 aliphatic rings. The number of hydrogen-bond donors (Lipinski definition) is 0. The molecule has 2 rings (SSSR count). The summed E-state index contributed by atoms with van der Waals surface area (Å²) in [6, 6.07) is 5.28. The molecule has 1 aromatic heterocycles. The van der Waals surface area contributed by atoms with Crippen molar-refractivity contribution in [2.45, 2.75) is 20.8 Å². The summed E-state index contributed by atoms with van der Waals surface area (Å²) in [6.07, 6.45) is 1.47. The molecular formula is C14H13BrN2O3. The van der Waals surface area contributed by atoms with Gasteiger partial charge in [0, 0.05) is 16.7 Å². The zero-order chi connectivity index (χ0) is 14.9. The molecule has 20 heavy (non-hydrogen) atoms. The first-order valence-electron chi connectivity index (χ1n) is 5.94. The second-order valence-corrected chi connectivity index (χ2v) is 5.41. The molecule has 0 aliphatic heterocycles. The monoisotopic (exact) mass is 336 g/mol. The Morgan fingerprint density at radius 3 is 2.55 bits per heavy atom. The van der Waals surface area contributed by atoms with Gasteiger partial charge in [0.15, 0.2) is 0 Å². The van der Waals surface area contributed by atoms with Gasteiger partial charge in [-0.1, -0.05) is 12.1 Å². The first-order valence-corrected chi connectivity index (χ1v) is 6.74. The average Bonchev–Trinajstić information content (AvgIpc) is 2.40. The lowest BCUT2D eigenvalue weighted by Gasteiger charge is -2.12. The van der Waals surface area contributed by atoms with Gasteiger partial charge in [0.25, 0.3) is 5.88 Å². The molecule has 2 aromatic rings. The summed E-state index contributed by atoms with van der Waals surface area (Å²) in [4.78, 5) is 14.6. The Labute approximate surface area is 124 Å². The lowest BCUT2D eigenvalue weighted by molar-refractivity contribution is -0.386. The fraction of sp³-hybridized carbons (Fsp3) is 0.214. The van der Waals surface area contributed by atoms with Crippen molar-refractivity contribution in [3.05, 3.63) is 55.7 Å². The van der Waals surface area contributed by atoms with Gasteiger partial charge in [0.1, 0.15) is 5.75 Å². The normalized spacial score (nSPS) is 10.4. The molecule has 5 nitrogen and oxygen atoms in total. The van der Waals surface area contributed by atoms with E-state index in [0.29, 0.717) is 10.2 Å². The van der Waals surface area contributed by atoms with Crippen LogP contribution >= 0.6 is 15.9 Å². The molecule has 0 fully saturated rings. The van der Waals surface area contributed by atoms with Gasteiger partial charge >= 0.3 is 5.69 Å². The first kappa shape index (κ1) is 14.5. The van der Waals surface area contributed by atoms with Crippen LogP contribution in [0.2, 0.25) is 0 Å². The van der Waals surface area contributed by atoms with E-state index in [1.165, 1.54) is 12.3 Å². The number of aryl methyl sites for hydroxylation is 2. The van der Waals surface area contributed by atoms with Crippen molar-refractivity contribution in [2.24, 2.45) is 0 Å². The zero-order valence-electron chi connectivity index (χ0n) is 11.3. The molecule has 1 heterocycles. The van der Waals surface area contributed by atoms with Crippen LogP contribution in [0.4, 0.5) is 5.69 Å². The van der Waals surface area contributed by atoms with E-state index >= 15 is 0 Å². The summed E-state index contributed by atoms with van der Waals surface area (Å²) in [6.45, 7) is 5.78. The van der Waals surface area contributed by atoms with E-state index < -0.39 is 4.92 Å². The van der Waals surface area contributed by atoms with Gasteiger partial charge < -0.3 is 4.74 Å². The number of halogens is 1. The van der Waals surface area contributed by atoms with Crippen molar-refractivity contribution in [1.29, 1.82) is 0 Å². The maximum atomic E-state index is 11.1. The third-order valence-electron chi connectivity index (χ3n) is 3.07. The predicted molar refractivity (Wildman–Crippen MR) is 79.3 cm³/mol. The quantitative estimate of drug-likeness (QED) is 0.612. The fourth-order valence-corrected chi connectivity index (χ4v) is 2.12. The molecule has 0 atom stereocenters. The highest BCUT2D eigenvalue weighted by molar-refractivity contribution is 9.10. The van der Waals surface area contributed by atoms with E-state index in [4.69, 9.17) is 4.74 Å². The smallest absolute Gasteiger partial charge is 0.332 e. The highest BCUT2D eigenvalue weighted by Crippen LogP contribution is 2.35. The van der Waals surface area contributed by atoms with Crippen LogP contribution in [0.25, 0.3) is 0 Å². The third kappa shape index (κ3) is 2.80. The Morgan fingerprint density at radius 2 is 1.90 bits per heavy atom. The summed E-state index contributed by atoms with van der Waals surface area (Å²) in [5.41, 5.74) is 2.75. The first-order chi connectivity index (χ1) is 9.40. The molecule has 0 radical (unpaired) electrons. The standard InChI is InChI=1S/C14H13BrN2O3/c1-8-4-5-9(2)13(10(8)3)20-14-12(17(18)19)6-11(15)7-16-14/h4-7H,1-3H3. The Hall–Kier alpha value is -1.95. The maximum Gasteiger partial charge on any atom is 0.332 e. The fourth-order valence-electron chi connectivity index (χ4n) is 1.80. The number of nitrogens with zero attached hydrogens (tertiary/aromatic N) is 2. The van der Waals surface area contributed by atoms with Crippen LogP contribution in [0, 0.1) is 30.9 Å². The van der Waals surface area contributed by atoms with Gasteiger partial charge in [-0.2, -0.15) is 0 Å². The molecule has 0 unspecified atom stereocenters. The lowest BCUT2D eigenvalue weighted by atomic mass is 10.1. The highest BCUT2D eigenvalue weighted by atomic mass is 79.9. The second-order valence-electron chi connectivity index (χ2n) is 4.49. The minimum Gasteiger partial charge on any atom is -0.433 e. The molecule has 104 valence electrons. The molecule has 0 N–H and O–H groups in total. The van der Waals surface area contributed by atoms with Crippen LogP contribution in [-0.4, -0.2) is 9.91 Å². The predicted octanol–water partition coefficient (Wildman–Crippen LogP) is 4.47. The van der Waals surface area contributed by atoms with E-state index in [1.807, 2.05) is 32.9 Å². The molecular weight excluding hydrogens is 324 g/mol. The largest absolute Gasteiger partial charge is 0.433 e. The molecule has 1 aromatic carbocycles. The number of hydrogen-bond acceptors (Lipinski definition) is 4. The van der Waals surface area contributed by atoms with Crippen molar-refractivity contribution >= 4 is 21.6 Å². The van der Waals surface area contributed by atoms with Crippen LogP contribution in [0.15, 0.2) is 28.9 Å². The van der Waals surface area contributed by atoms with Crippen molar-refractivity contribution in [3.8, 4) is 11.6 Å². The Balaban J connectivity index is 2.51. The van der Waals surface area contributed by atoms with Crippen molar-refractivity contribution in [3.63, 3.8) is 0 Å². The van der Waals surface area contributed by atoms with Gasteiger partial charge in [0.05, 0.1) is 4.92 Å². The van der Waals surface area contributed by atoms with Crippen molar-refractivity contribution < 1.29 is 9.66 Å². The summed E-state index contributed by atoms with van der Waals surface area (Å²) in [7, 11) is 0. The van der Waals surface area contributed by atoms with Crippen LogP contribution in [0.3, 0.4) is 0 Å². The number of nitro groups is 1. The molecule has 0 aliphatic carbocycles. The number of benzene rings is 1. The summed E-state index contributed by atoms with van der Waals surface area (Å²) in [5.74, 6) is 0.609. The molecule has 6 heteroatoms. The van der Waals surface area contributed by atoms with Gasteiger partial charge in [-0.05, 0) is 53.4 Å². The van der Waals surface area contributed by atoms with Crippen LogP contribution in [0.1, 0.15) is 16.7 Å². The highest BCUT2D eigenvalue weighted by Gasteiger charge is 2.20. The Bertz CT molecular complexity index is 686.